The Kier molecular flexibility index (Phi) is 3.49. The summed E-state index contributed by atoms with van der Waals surface area (Å²) in [6, 6.07) is 0. The van der Waals surface area contributed by atoms with E-state index in [4.69, 9.17) is 16.3 Å². The van der Waals surface area contributed by atoms with E-state index in [1.165, 1.54) is 6.33 Å². The van der Waals surface area contributed by atoms with Crippen molar-refractivity contribution in [2.24, 2.45) is 0 Å². The number of hydrogen-bond donors (Lipinski definition) is 0. The minimum absolute atomic E-state index is 0.133. The summed E-state index contributed by atoms with van der Waals surface area (Å²) in [5.74, 6) is 1.16. The molecule has 5 heteroatoms. The van der Waals surface area contributed by atoms with Crippen molar-refractivity contribution in [2.45, 2.75) is 25.5 Å². The minimum Gasteiger partial charge on any atom is -0.380 e. The van der Waals surface area contributed by atoms with Crippen LogP contribution in [0.2, 0.25) is 0 Å². The molecule has 0 N–H and O–H groups in total. The minimum atomic E-state index is 0.133. The number of nitrogens with zero attached hydrogens (tertiary/aromatic N) is 3. The zero-order chi connectivity index (χ0) is 8.97. The summed E-state index contributed by atoms with van der Waals surface area (Å²) in [7, 11) is 1.67. The van der Waals surface area contributed by atoms with Gasteiger partial charge in [-0.2, -0.15) is 5.10 Å². The fraction of sp³-hybridized carbons (Fsp3) is 0.714. The number of methoxy groups -OCH3 is 1. The van der Waals surface area contributed by atoms with Gasteiger partial charge in [-0.1, -0.05) is 0 Å². The van der Waals surface area contributed by atoms with Gasteiger partial charge in [-0.05, 0) is 6.92 Å². The molecule has 0 aliphatic heterocycles. The first kappa shape index (κ1) is 9.48. The van der Waals surface area contributed by atoms with E-state index in [0.29, 0.717) is 12.4 Å². The van der Waals surface area contributed by atoms with E-state index in [0.717, 1.165) is 5.82 Å². The smallest absolute Gasteiger partial charge is 0.141 e. The molecule has 1 unspecified atom stereocenters. The number of rotatable bonds is 4. The Bertz CT molecular complexity index is 238. The summed E-state index contributed by atoms with van der Waals surface area (Å²) < 4.78 is 6.84. The van der Waals surface area contributed by atoms with Crippen LogP contribution in [0.4, 0.5) is 0 Å². The average Bonchev–Trinajstić information content (AvgIpc) is 2.51. The highest BCUT2D eigenvalue weighted by Crippen LogP contribution is 2.01. The number of aromatic nitrogens is 3. The van der Waals surface area contributed by atoms with E-state index < -0.39 is 0 Å². The van der Waals surface area contributed by atoms with Crippen LogP contribution >= 0.6 is 11.6 Å². The van der Waals surface area contributed by atoms with Gasteiger partial charge >= 0.3 is 0 Å². The van der Waals surface area contributed by atoms with Crippen LogP contribution < -0.4 is 0 Å². The van der Waals surface area contributed by atoms with E-state index in [1.807, 2.05) is 6.92 Å². The Balaban J connectivity index is 2.61. The molecule has 0 aliphatic rings. The molecule has 0 spiro atoms. The van der Waals surface area contributed by atoms with Crippen LogP contribution in [0.3, 0.4) is 0 Å². The first-order valence-corrected chi connectivity index (χ1v) is 4.26. The largest absolute Gasteiger partial charge is 0.380 e. The van der Waals surface area contributed by atoms with Crippen LogP contribution in [-0.4, -0.2) is 28.0 Å². The van der Waals surface area contributed by atoms with Crippen LogP contribution in [0.15, 0.2) is 6.33 Å². The van der Waals surface area contributed by atoms with Gasteiger partial charge in [0.05, 0.1) is 18.5 Å². The molecule has 1 aromatic rings. The van der Waals surface area contributed by atoms with E-state index >= 15 is 0 Å². The highest BCUT2D eigenvalue weighted by Gasteiger charge is 2.06. The number of halogens is 1. The topological polar surface area (TPSA) is 39.9 Å². The fourth-order valence-corrected chi connectivity index (χ4v) is 1.07. The van der Waals surface area contributed by atoms with Crippen molar-refractivity contribution in [3.63, 3.8) is 0 Å². The van der Waals surface area contributed by atoms with Gasteiger partial charge in [0.2, 0.25) is 0 Å². The van der Waals surface area contributed by atoms with Crippen LogP contribution in [0, 0.1) is 0 Å². The van der Waals surface area contributed by atoms with Crippen LogP contribution in [-0.2, 0) is 17.2 Å². The zero-order valence-corrected chi connectivity index (χ0v) is 7.95. The highest BCUT2D eigenvalue weighted by molar-refractivity contribution is 6.16. The number of alkyl halides is 1. The second-order valence-electron chi connectivity index (χ2n) is 2.54. The van der Waals surface area contributed by atoms with Gasteiger partial charge in [-0.15, -0.1) is 11.6 Å². The van der Waals surface area contributed by atoms with Crippen molar-refractivity contribution in [1.82, 2.24) is 14.8 Å². The Hall–Kier alpha value is -0.610. The van der Waals surface area contributed by atoms with Gasteiger partial charge in [0.25, 0.3) is 0 Å². The lowest BCUT2D eigenvalue weighted by Crippen LogP contribution is -2.17. The molecule has 1 heterocycles. The van der Waals surface area contributed by atoms with Crippen LogP contribution in [0.25, 0.3) is 0 Å². The van der Waals surface area contributed by atoms with Crippen molar-refractivity contribution in [2.75, 3.05) is 7.11 Å². The molecule has 12 heavy (non-hydrogen) atoms. The zero-order valence-electron chi connectivity index (χ0n) is 7.20. The SMILES string of the molecule is COC(C)Cn1ncnc1CCl. The van der Waals surface area contributed by atoms with Gasteiger partial charge < -0.3 is 4.74 Å². The van der Waals surface area contributed by atoms with E-state index in [9.17, 15) is 0 Å². The van der Waals surface area contributed by atoms with E-state index in [-0.39, 0.29) is 6.10 Å². The maximum atomic E-state index is 5.64. The summed E-state index contributed by atoms with van der Waals surface area (Å²) in [5.41, 5.74) is 0. The maximum Gasteiger partial charge on any atom is 0.141 e. The Labute approximate surface area is 76.5 Å². The summed E-state index contributed by atoms with van der Waals surface area (Å²) in [6.07, 6.45) is 1.63. The highest BCUT2D eigenvalue weighted by atomic mass is 35.5. The summed E-state index contributed by atoms with van der Waals surface area (Å²) in [4.78, 5) is 3.99. The lowest BCUT2D eigenvalue weighted by atomic mass is 10.4. The van der Waals surface area contributed by atoms with Crippen LogP contribution in [0.1, 0.15) is 12.7 Å². The maximum absolute atomic E-state index is 5.64. The first-order chi connectivity index (χ1) is 5.77. The molecule has 1 rings (SSSR count). The normalized spacial score (nSPS) is 13.2. The molecule has 1 aromatic heterocycles. The summed E-state index contributed by atoms with van der Waals surface area (Å²) >= 11 is 5.64. The molecule has 0 aliphatic carbocycles. The average molecular weight is 190 g/mol. The lowest BCUT2D eigenvalue weighted by Gasteiger charge is -2.09. The molecular formula is C7H12ClN3O. The molecule has 68 valence electrons. The number of ether oxygens (including phenoxy) is 1. The Morgan fingerprint density at radius 2 is 2.50 bits per heavy atom. The molecule has 0 aromatic carbocycles. The van der Waals surface area contributed by atoms with Crippen molar-refractivity contribution in [3.8, 4) is 0 Å². The summed E-state index contributed by atoms with van der Waals surface area (Å²) in [6.45, 7) is 2.66. The van der Waals surface area contributed by atoms with Crippen molar-refractivity contribution in [1.29, 1.82) is 0 Å². The van der Waals surface area contributed by atoms with E-state index in [2.05, 4.69) is 10.1 Å². The third kappa shape index (κ3) is 2.19. The van der Waals surface area contributed by atoms with Crippen molar-refractivity contribution >= 4 is 11.6 Å². The molecule has 0 radical (unpaired) electrons. The third-order valence-corrected chi connectivity index (χ3v) is 1.89. The fourth-order valence-electron chi connectivity index (χ4n) is 0.862. The first-order valence-electron chi connectivity index (χ1n) is 3.73. The van der Waals surface area contributed by atoms with Gasteiger partial charge in [-0.3, -0.25) is 0 Å². The molecule has 1 atom stereocenters. The van der Waals surface area contributed by atoms with Gasteiger partial charge in [0.15, 0.2) is 0 Å². The van der Waals surface area contributed by atoms with Gasteiger partial charge in [0.1, 0.15) is 12.2 Å². The molecule has 0 fully saturated rings. The standard InChI is InChI=1S/C7H12ClN3O/c1-6(12-2)4-11-7(3-8)9-5-10-11/h5-6H,3-4H2,1-2H3. The Morgan fingerprint density at radius 1 is 1.75 bits per heavy atom. The lowest BCUT2D eigenvalue weighted by molar-refractivity contribution is 0.0990. The molecular weight excluding hydrogens is 178 g/mol. The second kappa shape index (κ2) is 4.42. The van der Waals surface area contributed by atoms with Crippen LogP contribution in [0.5, 0.6) is 0 Å². The van der Waals surface area contributed by atoms with Gasteiger partial charge in [-0.25, -0.2) is 9.67 Å². The summed E-state index contributed by atoms with van der Waals surface area (Å²) in [5, 5.41) is 4.02. The number of hydrogen-bond acceptors (Lipinski definition) is 3. The quantitative estimate of drug-likeness (QED) is 0.665. The molecule has 0 saturated carbocycles. The third-order valence-electron chi connectivity index (χ3n) is 1.65. The van der Waals surface area contributed by atoms with Crippen molar-refractivity contribution < 1.29 is 4.74 Å². The van der Waals surface area contributed by atoms with Gasteiger partial charge in [0, 0.05) is 7.11 Å². The van der Waals surface area contributed by atoms with E-state index in [1.54, 1.807) is 11.8 Å². The molecule has 0 bridgehead atoms. The predicted octanol–water partition coefficient (Wildman–Crippen LogP) is 1.05. The predicted molar refractivity (Wildman–Crippen MR) is 46.1 cm³/mol. The monoisotopic (exact) mass is 189 g/mol. The second-order valence-corrected chi connectivity index (χ2v) is 2.81. The van der Waals surface area contributed by atoms with Crippen molar-refractivity contribution in [3.05, 3.63) is 12.2 Å². The molecule has 4 nitrogen and oxygen atoms in total. The molecule has 0 saturated heterocycles. The Morgan fingerprint density at radius 3 is 3.08 bits per heavy atom. The molecule has 0 amide bonds.